The predicted octanol–water partition coefficient (Wildman–Crippen LogP) is 2.05. The molecule has 118 valence electrons. The lowest BCUT2D eigenvalue weighted by Gasteiger charge is -2.13. The molecule has 1 aromatic carbocycles. The zero-order valence-electron chi connectivity index (χ0n) is 12.3. The number of aliphatic hydroxyl groups excluding tert-OH is 1. The Hall–Kier alpha value is -1.11. The van der Waals surface area contributed by atoms with Crippen LogP contribution in [-0.4, -0.2) is 27.2 Å². The van der Waals surface area contributed by atoms with Gasteiger partial charge in [-0.15, -0.1) is 0 Å². The van der Waals surface area contributed by atoms with Crippen molar-refractivity contribution in [2.24, 2.45) is 5.92 Å². The van der Waals surface area contributed by atoms with Gasteiger partial charge in [0.15, 0.2) is 0 Å². The normalized spacial score (nSPS) is 16.3. The third-order valence-corrected chi connectivity index (χ3v) is 5.52. The number of hydrogen-bond acceptors (Lipinski definition) is 4. The fourth-order valence-electron chi connectivity index (χ4n) is 2.81. The Morgan fingerprint density at radius 2 is 2.05 bits per heavy atom. The molecule has 0 aromatic heterocycles. The van der Waals surface area contributed by atoms with Crippen molar-refractivity contribution < 1.29 is 18.3 Å². The molecule has 1 fully saturated rings. The van der Waals surface area contributed by atoms with E-state index in [0.29, 0.717) is 18.0 Å². The van der Waals surface area contributed by atoms with Gasteiger partial charge in [0.2, 0.25) is 10.0 Å². The smallest absolute Gasteiger partial charge is 0.244 e. The monoisotopic (exact) mass is 313 g/mol. The number of hydrogen-bond donors (Lipinski definition) is 2. The van der Waals surface area contributed by atoms with Crippen LogP contribution in [0.15, 0.2) is 23.1 Å². The first-order chi connectivity index (χ1) is 10.1. The number of sulfonamides is 1. The average molecular weight is 313 g/mol. The quantitative estimate of drug-likeness (QED) is 0.808. The first-order valence-electron chi connectivity index (χ1n) is 7.34. The van der Waals surface area contributed by atoms with Crippen molar-refractivity contribution in [2.45, 2.75) is 43.6 Å². The molecule has 2 N–H and O–H groups in total. The van der Waals surface area contributed by atoms with Gasteiger partial charge in [-0.05, 0) is 30.0 Å². The molecule has 0 unspecified atom stereocenters. The largest absolute Gasteiger partial charge is 0.495 e. The van der Waals surface area contributed by atoms with E-state index in [4.69, 9.17) is 9.84 Å². The van der Waals surface area contributed by atoms with Gasteiger partial charge in [0, 0.05) is 6.54 Å². The summed E-state index contributed by atoms with van der Waals surface area (Å²) in [6.07, 6.45) is 5.81. The minimum absolute atomic E-state index is 0.119. The van der Waals surface area contributed by atoms with E-state index in [-0.39, 0.29) is 17.3 Å². The molecule has 6 heteroatoms. The second kappa shape index (κ2) is 7.24. The van der Waals surface area contributed by atoms with E-state index < -0.39 is 10.0 Å². The lowest BCUT2D eigenvalue weighted by molar-refractivity contribution is 0.280. The van der Waals surface area contributed by atoms with Gasteiger partial charge in [-0.1, -0.05) is 31.7 Å². The first-order valence-corrected chi connectivity index (χ1v) is 8.82. The summed E-state index contributed by atoms with van der Waals surface area (Å²) in [7, 11) is -2.15. The zero-order valence-corrected chi connectivity index (χ0v) is 13.2. The van der Waals surface area contributed by atoms with Crippen molar-refractivity contribution in [3.8, 4) is 5.75 Å². The molecule has 0 saturated heterocycles. The zero-order chi connectivity index (χ0) is 15.3. The summed E-state index contributed by atoms with van der Waals surface area (Å²) in [5.41, 5.74) is 0.622. The Kier molecular flexibility index (Phi) is 5.61. The second-order valence-electron chi connectivity index (χ2n) is 5.48. The maximum absolute atomic E-state index is 12.3. The highest BCUT2D eigenvalue weighted by molar-refractivity contribution is 7.89. The highest BCUT2D eigenvalue weighted by atomic mass is 32.2. The van der Waals surface area contributed by atoms with Crippen molar-refractivity contribution in [3.05, 3.63) is 23.8 Å². The maximum Gasteiger partial charge on any atom is 0.244 e. The molecule has 0 aliphatic heterocycles. The summed E-state index contributed by atoms with van der Waals surface area (Å²) in [5.74, 6) is 0.904. The molecule has 21 heavy (non-hydrogen) atoms. The van der Waals surface area contributed by atoms with Crippen LogP contribution in [0.3, 0.4) is 0 Å². The molecule has 0 radical (unpaired) electrons. The number of rotatable bonds is 7. The van der Waals surface area contributed by atoms with Gasteiger partial charge in [-0.3, -0.25) is 0 Å². The van der Waals surface area contributed by atoms with E-state index in [0.717, 1.165) is 6.42 Å². The minimum Gasteiger partial charge on any atom is -0.495 e. The molecule has 1 aliphatic carbocycles. The third-order valence-electron chi connectivity index (χ3n) is 4.02. The fraction of sp³-hybridized carbons (Fsp3) is 0.600. The Bertz CT molecular complexity index is 565. The SMILES string of the molecule is COc1cc(CO)ccc1S(=O)(=O)NCCC1CCCC1. The number of nitrogens with one attached hydrogen (secondary N) is 1. The van der Waals surface area contributed by atoms with Crippen LogP contribution in [0.1, 0.15) is 37.7 Å². The molecular weight excluding hydrogens is 290 g/mol. The van der Waals surface area contributed by atoms with Crippen molar-refractivity contribution >= 4 is 10.0 Å². The van der Waals surface area contributed by atoms with Crippen LogP contribution in [-0.2, 0) is 16.6 Å². The first kappa shape index (κ1) is 16.3. The van der Waals surface area contributed by atoms with Crippen LogP contribution in [0, 0.1) is 5.92 Å². The van der Waals surface area contributed by atoms with E-state index in [1.54, 1.807) is 12.1 Å². The minimum atomic E-state index is -3.58. The number of ether oxygens (including phenoxy) is 1. The van der Waals surface area contributed by atoms with Crippen molar-refractivity contribution in [1.29, 1.82) is 0 Å². The molecule has 5 nitrogen and oxygen atoms in total. The molecule has 1 aliphatic rings. The molecule has 0 atom stereocenters. The van der Waals surface area contributed by atoms with Crippen LogP contribution in [0.4, 0.5) is 0 Å². The van der Waals surface area contributed by atoms with Crippen LogP contribution in [0.2, 0.25) is 0 Å². The number of aliphatic hydroxyl groups is 1. The van der Waals surface area contributed by atoms with Crippen LogP contribution >= 0.6 is 0 Å². The van der Waals surface area contributed by atoms with Crippen LogP contribution < -0.4 is 9.46 Å². The summed E-state index contributed by atoms with van der Waals surface area (Å²) < 4.78 is 32.4. The summed E-state index contributed by atoms with van der Waals surface area (Å²) in [5, 5.41) is 9.09. The van der Waals surface area contributed by atoms with Gasteiger partial charge >= 0.3 is 0 Å². The maximum atomic E-state index is 12.3. The Balaban J connectivity index is 2.04. The van der Waals surface area contributed by atoms with Crippen LogP contribution in [0.5, 0.6) is 5.75 Å². The highest BCUT2D eigenvalue weighted by Crippen LogP contribution is 2.28. The Morgan fingerprint density at radius 3 is 2.67 bits per heavy atom. The molecule has 0 bridgehead atoms. The van der Waals surface area contributed by atoms with E-state index in [2.05, 4.69) is 4.72 Å². The highest BCUT2D eigenvalue weighted by Gasteiger charge is 2.21. The van der Waals surface area contributed by atoms with Gasteiger partial charge in [0.05, 0.1) is 13.7 Å². The summed E-state index contributed by atoms with van der Waals surface area (Å²) in [4.78, 5) is 0.119. The number of benzene rings is 1. The van der Waals surface area contributed by atoms with E-state index in [1.165, 1.54) is 38.9 Å². The molecule has 0 heterocycles. The van der Waals surface area contributed by atoms with Gasteiger partial charge in [-0.25, -0.2) is 13.1 Å². The molecule has 2 rings (SSSR count). The second-order valence-corrected chi connectivity index (χ2v) is 7.22. The van der Waals surface area contributed by atoms with Crippen molar-refractivity contribution in [1.82, 2.24) is 4.72 Å². The standard InChI is InChI=1S/C15H23NO4S/c1-20-14-10-13(11-17)6-7-15(14)21(18,19)16-9-8-12-4-2-3-5-12/h6-7,10,12,16-17H,2-5,8-9,11H2,1H3. The van der Waals surface area contributed by atoms with Gasteiger partial charge in [-0.2, -0.15) is 0 Å². The molecule has 1 saturated carbocycles. The predicted molar refractivity (Wildman–Crippen MR) is 80.7 cm³/mol. The lowest BCUT2D eigenvalue weighted by Crippen LogP contribution is -2.26. The fourth-order valence-corrected chi connectivity index (χ4v) is 4.00. The average Bonchev–Trinajstić information content (AvgIpc) is 2.99. The summed E-state index contributed by atoms with van der Waals surface area (Å²) in [6.45, 7) is 0.309. The lowest BCUT2D eigenvalue weighted by atomic mass is 10.1. The van der Waals surface area contributed by atoms with Crippen molar-refractivity contribution in [2.75, 3.05) is 13.7 Å². The summed E-state index contributed by atoms with van der Waals surface area (Å²) >= 11 is 0. The van der Waals surface area contributed by atoms with Crippen molar-refractivity contribution in [3.63, 3.8) is 0 Å². The Labute approximate surface area is 126 Å². The van der Waals surface area contributed by atoms with Crippen LogP contribution in [0.25, 0.3) is 0 Å². The van der Waals surface area contributed by atoms with Gasteiger partial charge in [0.1, 0.15) is 10.6 Å². The molecule has 1 aromatic rings. The van der Waals surface area contributed by atoms with E-state index in [1.807, 2.05) is 0 Å². The van der Waals surface area contributed by atoms with Gasteiger partial charge < -0.3 is 9.84 Å². The third kappa shape index (κ3) is 4.18. The molecule has 0 spiro atoms. The topological polar surface area (TPSA) is 75.6 Å². The number of methoxy groups -OCH3 is 1. The van der Waals surface area contributed by atoms with E-state index >= 15 is 0 Å². The Morgan fingerprint density at radius 1 is 1.33 bits per heavy atom. The molecule has 0 amide bonds. The van der Waals surface area contributed by atoms with Gasteiger partial charge in [0.25, 0.3) is 0 Å². The summed E-state index contributed by atoms with van der Waals surface area (Å²) in [6, 6.07) is 4.61. The molecular formula is C15H23NO4S. The van der Waals surface area contributed by atoms with E-state index in [9.17, 15) is 8.42 Å².